The van der Waals surface area contributed by atoms with Crippen molar-refractivity contribution in [3.05, 3.63) is 34.9 Å². The molecule has 19 heavy (non-hydrogen) atoms. The fraction of sp³-hybridized carbons (Fsp3) is 0.625. The first-order chi connectivity index (χ1) is 8.91. The lowest BCUT2D eigenvalue weighted by Crippen LogP contribution is -2.50. The summed E-state index contributed by atoms with van der Waals surface area (Å²) >= 11 is 0. The standard InChI is InChI=1S/C16H26N2O/c1-12-7-13(2)9-14(8-12)15(10-17)18-5-6-19-16(3,4)11-18/h7-9,15H,5-6,10-11,17H2,1-4H3. The van der Waals surface area contributed by atoms with Crippen molar-refractivity contribution in [1.29, 1.82) is 0 Å². The molecule has 0 spiro atoms. The van der Waals surface area contributed by atoms with E-state index in [1.54, 1.807) is 0 Å². The second-order valence-electron chi connectivity index (χ2n) is 6.25. The van der Waals surface area contributed by atoms with Crippen LogP contribution in [0.3, 0.4) is 0 Å². The molecule has 1 aromatic carbocycles. The van der Waals surface area contributed by atoms with Crippen LogP contribution in [0.1, 0.15) is 36.6 Å². The Labute approximate surface area is 116 Å². The Morgan fingerprint density at radius 1 is 1.26 bits per heavy atom. The molecule has 1 fully saturated rings. The lowest BCUT2D eigenvalue weighted by Gasteiger charge is -2.42. The smallest absolute Gasteiger partial charge is 0.0753 e. The van der Waals surface area contributed by atoms with Gasteiger partial charge in [-0.1, -0.05) is 29.3 Å². The lowest BCUT2D eigenvalue weighted by atomic mass is 9.98. The molecule has 1 aliphatic heterocycles. The summed E-state index contributed by atoms with van der Waals surface area (Å²) in [7, 11) is 0. The molecule has 0 amide bonds. The van der Waals surface area contributed by atoms with E-state index in [-0.39, 0.29) is 5.60 Å². The highest BCUT2D eigenvalue weighted by molar-refractivity contribution is 5.31. The molecule has 106 valence electrons. The van der Waals surface area contributed by atoms with E-state index in [1.807, 2.05) is 0 Å². The van der Waals surface area contributed by atoms with Gasteiger partial charge in [0.1, 0.15) is 0 Å². The van der Waals surface area contributed by atoms with E-state index in [1.165, 1.54) is 16.7 Å². The third-order valence-corrected chi connectivity index (χ3v) is 3.75. The molecule has 0 radical (unpaired) electrons. The van der Waals surface area contributed by atoms with Crippen LogP contribution in [0, 0.1) is 13.8 Å². The highest BCUT2D eigenvalue weighted by Crippen LogP contribution is 2.27. The van der Waals surface area contributed by atoms with E-state index in [9.17, 15) is 0 Å². The molecule has 2 N–H and O–H groups in total. The summed E-state index contributed by atoms with van der Waals surface area (Å²) in [5.74, 6) is 0. The largest absolute Gasteiger partial charge is 0.373 e. The van der Waals surface area contributed by atoms with Gasteiger partial charge in [0.2, 0.25) is 0 Å². The zero-order valence-corrected chi connectivity index (χ0v) is 12.6. The molecule has 1 saturated heterocycles. The summed E-state index contributed by atoms with van der Waals surface area (Å²) in [6, 6.07) is 7.02. The molecular weight excluding hydrogens is 236 g/mol. The molecule has 3 heteroatoms. The van der Waals surface area contributed by atoms with E-state index < -0.39 is 0 Å². The minimum absolute atomic E-state index is 0.0788. The van der Waals surface area contributed by atoms with Gasteiger partial charge in [-0.2, -0.15) is 0 Å². The zero-order chi connectivity index (χ0) is 14.0. The van der Waals surface area contributed by atoms with Crippen molar-refractivity contribution in [2.75, 3.05) is 26.2 Å². The third-order valence-electron chi connectivity index (χ3n) is 3.75. The average molecular weight is 262 g/mol. The van der Waals surface area contributed by atoms with Gasteiger partial charge in [0.05, 0.1) is 12.2 Å². The van der Waals surface area contributed by atoms with Gasteiger partial charge in [0.15, 0.2) is 0 Å². The normalized spacial score (nSPS) is 21.3. The van der Waals surface area contributed by atoms with Crippen LogP contribution in [-0.2, 0) is 4.74 Å². The number of benzene rings is 1. The number of rotatable bonds is 3. The third kappa shape index (κ3) is 3.56. The molecule has 0 saturated carbocycles. The Kier molecular flexibility index (Phi) is 4.29. The van der Waals surface area contributed by atoms with Crippen molar-refractivity contribution in [3.8, 4) is 0 Å². The molecule has 1 atom stereocenters. The van der Waals surface area contributed by atoms with E-state index in [2.05, 4.69) is 50.8 Å². The fourth-order valence-electron chi connectivity index (χ4n) is 3.02. The Morgan fingerprint density at radius 2 is 1.89 bits per heavy atom. The summed E-state index contributed by atoms with van der Waals surface area (Å²) in [4.78, 5) is 2.46. The van der Waals surface area contributed by atoms with Crippen molar-refractivity contribution < 1.29 is 4.74 Å². The summed E-state index contributed by atoms with van der Waals surface area (Å²) in [6.45, 7) is 11.9. The van der Waals surface area contributed by atoms with Crippen molar-refractivity contribution in [1.82, 2.24) is 4.90 Å². The van der Waals surface area contributed by atoms with Crippen LogP contribution in [0.4, 0.5) is 0 Å². The molecular formula is C16H26N2O. The van der Waals surface area contributed by atoms with E-state index in [0.717, 1.165) is 19.7 Å². The number of ether oxygens (including phenoxy) is 1. The number of hydrogen-bond acceptors (Lipinski definition) is 3. The van der Waals surface area contributed by atoms with E-state index >= 15 is 0 Å². The molecule has 0 aliphatic carbocycles. The number of nitrogens with two attached hydrogens (primary N) is 1. The van der Waals surface area contributed by atoms with Crippen LogP contribution >= 0.6 is 0 Å². The van der Waals surface area contributed by atoms with Gasteiger partial charge in [-0.15, -0.1) is 0 Å². The first kappa shape index (κ1) is 14.5. The predicted molar refractivity (Wildman–Crippen MR) is 79.3 cm³/mol. The highest BCUT2D eigenvalue weighted by atomic mass is 16.5. The molecule has 3 nitrogen and oxygen atoms in total. The van der Waals surface area contributed by atoms with Gasteiger partial charge in [0, 0.05) is 25.7 Å². The minimum Gasteiger partial charge on any atom is -0.373 e. The van der Waals surface area contributed by atoms with Gasteiger partial charge in [0.25, 0.3) is 0 Å². The van der Waals surface area contributed by atoms with Gasteiger partial charge in [-0.3, -0.25) is 4.90 Å². The van der Waals surface area contributed by atoms with Crippen molar-refractivity contribution in [2.45, 2.75) is 39.3 Å². The molecule has 0 bridgehead atoms. The van der Waals surface area contributed by atoms with Crippen LogP contribution in [0.2, 0.25) is 0 Å². The minimum atomic E-state index is -0.0788. The number of nitrogens with zero attached hydrogens (tertiary/aromatic N) is 1. The highest BCUT2D eigenvalue weighted by Gasteiger charge is 2.31. The first-order valence-corrected chi connectivity index (χ1v) is 7.07. The van der Waals surface area contributed by atoms with Crippen molar-refractivity contribution >= 4 is 0 Å². The number of morpholine rings is 1. The summed E-state index contributed by atoms with van der Waals surface area (Å²) in [5.41, 5.74) is 9.91. The Bertz CT molecular complexity index is 422. The average Bonchev–Trinajstić information content (AvgIpc) is 2.27. The molecule has 2 rings (SSSR count). The second-order valence-corrected chi connectivity index (χ2v) is 6.25. The van der Waals surface area contributed by atoms with Gasteiger partial charge >= 0.3 is 0 Å². The quantitative estimate of drug-likeness (QED) is 0.909. The molecule has 1 heterocycles. The maximum Gasteiger partial charge on any atom is 0.0753 e. The number of aryl methyl sites for hydroxylation is 2. The Morgan fingerprint density at radius 3 is 2.42 bits per heavy atom. The maximum atomic E-state index is 6.04. The van der Waals surface area contributed by atoms with Gasteiger partial charge in [-0.25, -0.2) is 0 Å². The van der Waals surface area contributed by atoms with Gasteiger partial charge in [-0.05, 0) is 33.3 Å². The summed E-state index contributed by atoms with van der Waals surface area (Å²) in [5, 5.41) is 0. The van der Waals surface area contributed by atoms with Crippen LogP contribution in [0.5, 0.6) is 0 Å². The molecule has 0 aromatic heterocycles. The van der Waals surface area contributed by atoms with Crippen LogP contribution in [0.15, 0.2) is 18.2 Å². The van der Waals surface area contributed by atoms with Crippen molar-refractivity contribution in [3.63, 3.8) is 0 Å². The fourth-order valence-corrected chi connectivity index (χ4v) is 3.02. The van der Waals surface area contributed by atoms with Crippen molar-refractivity contribution in [2.24, 2.45) is 5.73 Å². The molecule has 1 unspecified atom stereocenters. The summed E-state index contributed by atoms with van der Waals surface area (Å²) in [6.07, 6.45) is 0. The molecule has 1 aliphatic rings. The van der Waals surface area contributed by atoms with Gasteiger partial charge < -0.3 is 10.5 Å². The first-order valence-electron chi connectivity index (χ1n) is 7.07. The zero-order valence-electron chi connectivity index (χ0n) is 12.6. The Hall–Kier alpha value is -0.900. The maximum absolute atomic E-state index is 6.04. The van der Waals surface area contributed by atoms with Crippen LogP contribution < -0.4 is 5.73 Å². The van der Waals surface area contributed by atoms with E-state index in [0.29, 0.717) is 12.6 Å². The number of hydrogen-bond donors (Lipinski definition) is 1. The predicted octanol–water partition coefficient (Wildman–Crippen LogP) is 2.41. The topological polar surface area (TPSA) is 38.5 Å². The Balaban J connectivity index is 2.23. The SMILES string of the molecule is Cc1cc(C)cc(C(CN)N2CCOC(C)(C)C2)c1. The molecule has 1 aromatic rings. The van der Waals surface area contributed by atoms with Crippen LogP contribution in [0.25, 0.3) is 0 Å². The second kappa shape index (κ2) is 5.61. The van der Waals surface area contributed by atoms with Crippen LogP contribution in [-0.4, -0.2) is 36.7 Å². The summed E-state index contributed by atoms with van der Waals surface area (Å²) < 4.78 is 5.79. The van der Waals surface area contributed by atoms with E-state index in [4.69, 9.17) is 10.5 Å². The lowest BCUT2D eigenvalue weighted by molar-refractivity contribution is -0.0967. The monoisotopic (exact) mass is 262 g/mol.